The molecule has 0 radical (unpaired) electrons. The van der Waals surface area contributed by atoms with Gasteiger partial charge < -0.3 is 4.90 Å². The zero-order chi connectivity index (χ0) is 15.8. The number of hydrogen-bond acceptors (Lipinski definition) is 2. The molecule has 2 aliphatic rings. The van der Waals surface area contributed by atoms with Crippen molar-refractivity contribution in [3.8, 4) is 0 Å². The van der Waals surface area contributed by atoms with Gasteiger partial charge in [-0.1, -0.05) is 41.0 Å². The van der Waals surface area contributed by atoms with Gasteiger partial charge in [0.2, 0.25) is 0 Å². The Morgan fingerprint density at radius 3 is 2.43 bits per heavy atom. The highest BCUT2D eigenvalue weighted by Gasteiger charge is 2.52. The summed E-state index contributed by atoms with van der Waals surface area (Å²) in [5.74, 6) is 1.57. The molecule has 2 amide bonds. The van der Waals surface area contributed by atoms with Crippen LogP contribution in [0.4, 0.5) is 4.79 Å². The summed E-state index contributed by atoms with van der Waals surface area (Å²) in [5, 5.41) is 11.1. The summed E-state index contributed by atoms with van der Waals surface area (Å²) in [6.45, 7) is 12.0. The number of amides is 2. The fourth-order valence-corrected chi connectivity index (χ4v) is 3.93. The van der Waals surface area contributed by atoms with Gasteiger partial charge in [0.25, 0.3) is 0 Å². The Labute approximate surface area is 129 Å². The van der Waals surface area contributed by atoms with E-state index in [0.29, 0.717) is 23.1 Å². The van der Waals surface area contributed by atoms with Gasteiger partial charge in [-0.3, -0.25) is 10.7 Å². The third-order valence-electron chi connectivity index (χ3n) is 5.84. The molecule has 0 aromatic heterocycles. The first kappa shape index (κ1) is 16.3. The molecule has 1 aliphatic carbocycles. The highest BCUT2D eigenvalue weighted by molar-refractivity contribution is 6.08. The van der Waals surface area contributed by atoms with E-state index in [9.17, 15) is 4.79 Å². The number of hydrogen-bond donors (Lipinski definition) is 2. The van der Waals surface area contributed by atoms with Gasteiger partial charge in [-0.05, 0) is 42.9 Å². The Balaban J connectivity index is 2.15. The molecule has 2 fully saturated rings. The standard InChI is InChI=1S/C17H31N3O/c1-6-16(4,5)13-7-9-17(10-8-13)14(18)19-15(21)20(17)11-12(2)3/h12-13H,6-11H2,1-5H3,(H2,18,19,21). The highest BCUT2D eigenvalue weighted by atomic mass is 16.2. The molecule has 4 heteroatoms. The molecule has 1 spiro atoms. The molecular formula is C17H31N3O. The van der Waals surface area contributed by atoms with Crippen molar-refractivity contribution in [1.29, 1.82) is 5.41 Å². The summed E-state index contributed by atoms with van der Waals surface area (Å²) in [4.78, 5) is 14.1. The summed E-state index contributed by atoms with van der Waals surface area (Å²) in [6, 6.07) is -0.0677. The van der Waals surface area contributed by atoms with Crippen LogP contribution in [0.5, 0.6) is 0 Å². The first-order chi connectivity index (χ1) is 9.73. The van der Waals surface area contributed by atoms with E-state index < -0.39 is 0 Å². The van der Waals surface area contributed by atoms with Crippen molar-refractivity contribution >= 4 is 11.9 Å². The Morgan fingerprint density at radius 2 is 1.95 bits per heavy atom. The quantitative estimate of drug-likeness (QED) is 0.808. The monoisotopic (exact) mass is 293 g/mol. The molecule has 1 aliphatic heterocycles. The molecule has 0 atom stereocenters. The SMILES string of the molecule is CCC(C)(C)C1CCC2(CC1)C(=N)NC(=O)N2CC(C)C. The molecule has 0 bridgehead atoms. The smallest absolute Gasteiger partial charge is 0.311 e. The van der Waals surface area contributed by atoms with Gasteiger partial charge in [0, 0.05) is 6.54 Å². The lowest BCUT2D eigenvalue weighted by atomic mass is 9.65. The van der Waals surface area contributed by atoms with Gasteiger partial charge in [0.15, 0.2) is 0 Å². The van der Waals surface area contributed by atoms with Crippen molar-refractivity contribution in [2.24, 2.45) is 17.3 Å². The van der Waals surface area contributed by atoms with E-state index in [1.807, 2.05) is 4.90 Å². The van der Waals surface area contributed by atoms with Gasteiger partial charge in [0.1, 0.15) is 11.4 Å². The molecular weight excluding hydrogens is 262 g/mol. The number of nitrogens with one attached hydrogen (secondary N) is 2. The van der Waals surface area contributed by atoms with Crippen molar-refractivity contribution in [3.05, 3.63) is 0 Å². The summed E-state index contributed by atoms with van der Waals surface area (Å²) < 4.78 is 0. The predicted molar refractivity (Wildman–Crippen MR) is 86.6 cm³/mol. The fourth-order valence-electron chi connectivity index (χ4n) is 3.93. The van der Waals surface area contributed by atoms with Gasteiger partial charge in [-0.2, -0.15) is 0 Å². The van der Waals surface area contributed by atoms with Crippen LogP contribution in [0.3, 0.4) is 0 Å². The first-order valence-electron chi connectivity index (χ1n) is 8.40. The highest BCUT2D eigenvalue weighted by Crippen LogP contribution is 2.46. The summed E-state index contributed by atoms with van der Waals surface area (Å²) in [6.07, 6.45) is 5.30. The molecule has 0 aromatic rings. The summed E-state index contributed by atoms with van der Waals surface area (Å²) in [7, 11) is 0. The molecule has 120 valence electrons. The van der Waals surface area contributed by atoms with E-state index in [4.69, 9.17) is 5.41 Å². The first-order valence-corrected chi connectivity index (χ1v) is 8.40. The lowest BCUT2D eigenvalue weighted by Crippen LogP contribution is -2.53. The minimum atomic E-state index is -0.346. The maximum absolute atomic E-state index is 12.2. The van der Waals surface area contributed by atoms with E-state index in [1.54, 1.807) is 0 Å². The Kier molecular flexibility index (Phi) is 4.36. The average Bonchev–Trinajstić information content (AvgIpc) is 2.64. The number of rotatable bonds is 4. The van der Waals surface area contributed by atoms with Crippen LogP contribution in [0.1, 0.15) is 66.7 Å². The number of carbonyl (C=O) groups is 1. The summed E-state index contributed by atoms with van der Waals surface area (Å²) in [5.41, 5.74) is 0.0182. The van der Waals surface area contributed by atoms with Crippen LogP contribution in [-0.4, -0.2) is 28.9 Å². The van der Waals surface area contributed by atoms with E-state index in [1.165, 1.54) is 6.42 Å². The van der Waals surface area contributed by atoms with Crippen LogP contribution in [0.25, 0.3) is 0 Å². The number of carbonyl (C=O) groups excluding carboxylic acids is 1. The van der Waals surface area contributed by atoms with Crippen LogP contribution >= 0.6 is 0 Å². The van der Waals surface area contributed by atoms with Crippen LogP contribution in [0.15, 0.2) is 0 Å². The number of amidine groups is 1. The minimum Gasteiger partial charge on any atom is -0.311 e. The molecule has 4 nitrogen and oxygen atoms in total. The van der Waals surface area contributed by atoms with Gasteiger partial charge in [-0.15, -0.1) is 0 Å². The van der Waals surface area contributed by atoms with Gasteiger partial charge >= 0.3 is 6.03 Å². The van der Waals surface area contributed by atoms with E-state index in [-0.39, 0.29) is 11.6 Å². The van der Waals surface area contributed by atoms with E-state index in [2.05, 4.69) is 39.9 Å². The average molecular weight is 293 g/mol. The van der Waals surface area contributed by atoms with Crippen LogP contribution < -0.4 is 5.32 Å². The third-order valence-corrected chi connectivity index (χ3v) is 5.84. The van der Waals surface area contributed by atoms with Crippen LogP contribution in [-0.2, 0) is 0 Å². The normalized spacial score (nSPS) is 30.4. The van der Waals surface area contributed by atoms with Gasteiger partial charge in [-0.25, -0.2) is 4.79 Å². The maximum atomic E-state index is 12.2. The van der Waals surface area contributed by atoms with Crippen molar-refractivity contribution < 1.29 is 4.79 Å². The number of nitrogens with zero attached hydrogens (tertiary/aromatic N) is 1. The molecule has 1 saturated carbocycles. The molecule has 0 unspecified atom stereocenters. The van der Waals surface area contributed by atoms with E-state index in [0.717, 1.165) is 32.2 Å². The Hall–Kier alpha value is -1.06. The molecule has 21 heavy (non-hydrogen) atoms. The zero-order valence-electron chi connectivity index (χ0n) is 14.3. The topological polar surface area (TPSA) is 56.2 Å². The van der Waals surface area contributed by atoms with Crippen LogP contribution in [0, 0.1) is 22.7 Å². The van der Waals surface area contributed by atoms with E-state index >= 15 is 0 Å². The van der Waals surface area contributed by atoms with Crippen molar-refractivity contribution in [3.63, 3.8) is 0 Å². The lowest BCUT2D eigenvalue weighted by Gasteiger charge is -2.46. The molecule has 1 saturated heterocycles. The molecule has 1 heterocycles. The lowest BCUT2D eigenvalue weighted by molar-refractivity contribution is 0.0763. The fraction of sp³-hybridized carbons (Fsp3) is 0.882. The zero-order valence-corrected chi connectivity index (χ0v) is 14.3. The predicted octanol–water partition coefficient (Wildman–Crippen LogP) is 4.01. The second-order valence-corrected chi connectivity index (χ2v) is 7.96. The maximum Gasteiger partial charge on any atom is 0.323 e. The second kappa shape index (κ2) is 5.62. The van der Waals surface area contributed by atoms with Crippen molar-refractivity contribution in [1.82, 2.24) is 10.2 Å². The van der Waals surface area contributed by atoms with Crippen LogP contribution in [0.2, 0.25) is 0 Å². The van der Waals surface area contributed by atoms with Crippen molar-refractivity contribution in [2.45, 2.75) is 72.3 Å². The molecule has 2 rings (SSSR count). The number of urea groups is 1. The summed E-state index contributed by atoms with van der Waals surface area (Å²) >= 11 is 0. The second-order valence-electron chi connectivity index (χ2n) is 7.96. The van der Waals surface area contributed by atoms with Crippen molar-refractivity contribution in [2.75, 3.05) is 6.54 Å². The molecule has 2 N–H and O–H groups in total. The Morgan fingerprint density at radius 1 is 1.38 bits per heavy atom. The Bertz CT molecular complexity index is 420. The largest absolute Gasteiger partial charge is 0.323 e. The van der Waals surface area contributed by atoms with Gasteiger partial charge in [0.05, 0.1) is 0 Å². The molecule has 0 aromatic carbocycles. The minimum absolute atomic E-state index is 0.0677. The third kappa shape index (κ3) is 2.82.